The van der Waals surface area contributed by atoms with E-state index in [2.05, 4.69) is 31.3 Å². The molecule has 2 aromatic carbocycles. The average molecular weight is 482 g/mol. The van der Waals surface area contributed by atoms with Crippen molar-refractivity contribution in [3.63, 3.8) is 0 Å². The molecule has 0 saturated heterocycles. The molecular weight excluding hydrogens is 458 g/mol. The van der Waals surface area contributed by atoms with E-state index in [4.69, 9.17) is 0 Å². The second kappa shape index (κ2) is 10.00. The number of benzene rings is 2. The molecule has 2 rings (SSSR count). The van der Waals surface area contributed by atoms with Crippen LogP contribution in [-0.4, -0.2) is 33.3 Å². The van der Waals surface area contributed by atoms with Crippen molar-refractivity contribution in [2.45, 2.75) is 32.1 Å². The van der Waals surface area contributed by atoms with Crippen LogP contribution in [0, 0.1) is 20.8 Å². The summed E-state index contributed by atoms with van der Waals surface area (Å²) >= 11 is 3.31. The zero-order valence-electron chi connectivity index (χ0n) is 16.5. The van der Waals surface area contributed by atoms with Gasteiger partial charge in [0.15, 0.2) is 0 Å². The Hall–Kier alpha value is -2.23. The van der Waals surface area contributed by atoms with E-state index < -0.39 is 15.9 Å². The fraction of sp³-hybridized carbons (Fsp3) is 0.300. The second-order valence-corrected chi connectivity index (χ2v) is 9.33. The highest BCUT2D eigenvalue weighted by atomic mass is 79.9. The van der Waals surface area contributed by atoms with Gasteiger partial charge in [-0.15, -0.1) is 0 Å². The molecule has 156 valence electrons. The Morgan fingerprint density at radius 2 is 1.55 bits per heavy atom. The van der Waals surface area contributed by atoms with Crippen molar-refractivity contribution in [3.05, 3.63) is 57.6 Å². The van der Waals surface area contributed by atoms with Gasteiger partial charge >= 0.3 is 0 Å². The van der Waals surface area contributed by atoms with Crippen molar-refractivity contribution >= 4 is 43.5 Å². The normalized spacial score (nSPS) is 11.2. The van der Waals surface area contributed by atoms with Crippen LogP contribution in [0.4, 0.5) is 5.69 Å². The number of halogens is 1. The minimum Gasteiger partial charge on any atom is -0.347 e. The third-order valence-corrected chi connectivity index (χ3v) is 6.39. The summed E-state index contributed by atoms with van der Waals surface area (Å²) in [5.41, 5.74) is 2.91. The molecule has 0 atom stereocenters. The zero-order valence-corrected chi connectivity index (χ0v) is 18.9. The Balaban J connectivity index is 1.80. The number of carbonyl (C=O) groups is 2. The number of carbonyl (C=O) groups excluding carboxylic acids is 2. The summed E-state index contributed by atoms with van der Waals surface area (Å²) in [6.07, 6.45) is -0.0747. The van der Waals surface area contributed by atoms with Gasteiger partial charge in [-0.25, -0.2) is 13.1 Å². The van der Waals surface area contributed by atoms with Crippen LogP contribution in [0.1, 0.15) is 23.1 Å². The van der Waals surface area contributed by atoms with Crippen LogP contribution in [0.3, 0.4) is 0 Å². The molecule has 0 fully saturated rings. The molecule has 0 spiro atoms. The first kappa shape index (κ1) is 23.1. The Bertz CT molecular complexity index is 982. The number of hydrogen-bond donors (Lipinski definition) is 3. The molecule has 7 nitrogen and oxygen atoms in total. The second-order valence-electron chi connectivity index (χ2n) is 6.71. The van der Waals surface area contributed by atoms with Crippen LogP contribution in [0.2, 0.25) is 0 Å². The highest BCUT2D eigenvalue weighted by Gasteiger charge is 2.19. The Kier molecular flexibility index (Phi) is 7.95. The molecule has 9 heteroatoms. The highest BCUT2D eigenvalue weighted by Crippen LogP contribution is 2.21. The quantitative estimate of drug-likeness (QED) is 0.538. The summed E-state index contributed by atoms with van der Waals surface area (Å²) in [7, 11) is -3.72. The predicted molar refractivity (Wildman–Crippen MR) is 116 cm³/mol. The molecule has 0 aliphatic carbocycles. The Labute approximate surface area is 179 Å². The van der Waals surface area contributed by atoms with E-state index in [1.54, 1.807) is 50.2 Å². The SMILES string of the molecule is Cc1cc(C)c(S(=O)(=O)NCCC(=O)NCC(=O)Nc2ccc(Br)cc2)c(C)c1. The van der Waals surface area contributed by atoms with Crippen molar-refractivity contribution in [1.82, 2.24) is 10.0 Å². The maximum Gasteiger partial charge on any atom is 0.243 e. The lowest BCUT2D eigenvalue weighted by molar-refractivity contribution is -0.124. The van der Waals surface area contributed by atoms with Crippen molar-refractivity contribution in [3.8, 4) is 0 Å². The average Bonchev–Trinajstić information content (AvgIpc) is 2.60. The third kappa shape index (κ3) is 6.95. The summed E-state index contributed by atoms with van der Waals surface area (Å²) in [6.45, 7) is 5.13. The van der Waals surface area contributed by atoms with E-state index >= 15 is 0 Å². The molecule has 0 bridgehead atoms. The van der Waals surface area contributed by atoms with Crippen LogP contribution in [-0.2, 0) is 19.6 Å². The Morgan fingerprint density at radius 3 is 2.14 bits per heavy atom. The molecule has 0 radical (unpaired) electrons. The van der Waals surface area contributed by atoms with Gasteiger partial charge in [-0.3, -0.25) is 9.59 Å². The van der Waals surface area contributed by atoms with Crippen molar-refractivity contribution < 1.29 is 18.0 Å². The van der Waals surface area contributed by atoms with Gasteiger partial charge in [-0.2, -0.15) is 0 Å². The van der Waals surface area contributed by atoms with Crippen LogP contribution in [0.5, 0.6) is 0 Å². The van der Waals surface area contributed by atoms with E-state index in [9.17, 15) is 18.0 Å². The Morgan fingerprint density at radius 1 is 0.966 bits per heavy atom. The van der Waals surface area contributed by atoms with E-state index in [0.29, 0.717) is 16.8 Å². The van der Waals surface area contributed by atoms with E-state index in [0.717, 1.165) is 10.0 Å². The molecule has 0 aliphatic rings. The minimum absolute atomic E-state index is 0.0603. The lowest BCUT2D eigenvalue weighted by Gasteiger charge is -2.13. The zero-order chi connectivity index (χ0) is 21.6. The van der Waals surface area contributed by atoms with Crippen LogP contribution in [0.15, 0.2) is 45.8 Å². The number of nitrogens with one attached hydrogen (secondary N) is 3. The smallest absolute Gasteiger partial charge is 0.243 e. The molecule has 0 heterocycles. The summed E-state index contributed by atoms with van der Waals surface area (Å²) in [4.78, 5) is 24.0. The molecule has 0 aliphatic heterocycles. The first-order valence-corrected chi connectivity index (χ1v) is 11.3. The molecular formula is C20H24BrN3O4S. The van der Waals surface area contributed by atoms with Gasteiger partial charge in [-0.05, 0) is 56.2 Å². The number of anilines is 1. The molecule has 2 amide bonds. The lowest BCUT2D eigenvalue weighted by atomic mass is 10.1. The molecule has 29 heavy (non-hydrogen) atoms. The number of hydrogen-bond acceptors (Lipinski definition) is 4. The maximum atomic E-state index is 12.5. The van der Waals surface area contributed by atoms with Gasteiger partial charge in [0.05, 0.1) is 11.4 Å². The van der Waals surface area contributed by atoms with E-state index in [1.807, 2.05) is 6.92 Å². The lowest BCUT2D eigenvalue weighted by Crippen LogP contribution is -2.35. The largest absolute Gasteiger partial charge is 0.347 e. The molecule has 3 N–H and O–H groups in total. The minimum atomic E-state index is -3.72. The van der Waals surface area contributed by atoms with Crippen molar-refractivity contribution in [2.75, 3.05) is 18.4 Å². The third-order valence-electron chi connectivity index (χ3n) is 4.09. The van der Waals surface area contributed by atoms with E-state index in [-0.39, 0.29) is 30.3 Å². The van der Waals surface area contributed by atoms with Crippen LogP contribution in [0.25, 0.3) is 0 Å². The van der Waals surface area contributed by atoms with Gasteiger partial charge in [0, 0.05) is 23.1 Å². The number of amides is 2. The fourth-order valence-electron chi connectivity index (χ4n) is 2.97. The first-order chi connectivity index (χ1) is 13.6. The summed E-state index contributed by atoms with van der Waals surface area (Å²) < 4.78 is 28.4. The predicted octanol–water partition coefficient (Wildman–Crippen LogP) is 2.80. The van der Waals surface area contributed by atoms with Crippen LogP contribution < -0.4 is 15.4 Å². The van der Waals surface area contributed by atoms with Crippen molar-refractivity contribution in [2.24, 2.45) is 0 Å². The maximum absolute atomic E-state index is 12.5. The molecule has 0 saturated carbocycles. The summed E-state index contributed by atoms with van der Waals surface area (Å²) in [5.74, 6) is -0.789. The first-order valence-electron chi connectivity index (χ1n) is 8.98. The molecule has 2 aromatic rings. The number of aryl methyl sites for hydroxylation is 3. The molecule has 0 unspecified atom stereocenters. The monoisotopic (exact) mass is 481 g/mol. The topological polar surface area (TPSA) is 104 Å². The van der Waals surface area contributed by atoms with Gasteiger partial charge in [-0.1, -0.05) is 33.6 Å². The van der Waals surface area contributed by atoms with Gasteiger partial charge in [0.2, 0.25) is 21.8 Å². The van der Waals surface area contributed by atoms with E-state index in [1.165, 1.54) is 0 Å². The van der Waals surface area contributed by atoms with Crippen LogP contribution >= 0.6 is 15.9 Å². The number of sulfonamides is 1. The van der Waals surface area contributed by atoms with Gasteiger partial charge < -0.3 is 10.6 Å². The molecule has 0 aromatic heterocycles. The standard InChI is InChI=1S/C20H24BrN3O4S/c1-13-10-14(2)20(15(3)11-13)29(27,28)23-9-8-18(25)22-12-19(26)24-17-6-4-16(21)5-7-17/h4-7,10-11,23H,8-9,12H2,1-3H3,(H,22,25)(H,24,26). The summed E-state index contributed by atoms with van der Waals surface area (Å²) in [5, 5.41) is 5.13. The van der Waals surface area contributed by atoms with Crippen molar-refractivity contribution in [1.29, 1.82) is 0 Å². The number of rotatable bonds is 8. The van der Waals surface area contributed by atoms with Gasteiger partial charge in [0.25, 0.3) is 0 Å². The fourth-order valence-corrected chi connectivity index (χ4v) is 4.71. The highest BCUT2D eigenvalue weighted by molar-refractivity contribution is 9.10. The van der Waals surface area contributed by atoms with Gasteiger partial charge in [0.1, 0.15) is 0 Å². The summed E-state index contributed by atoms with van der Waals surface area (Å²) in [6, 6.07) is 10.6.